The Labute approximate surface area is 171 Å². The number of carbonyl (C=O) groups excluding carboxylic acids is 1. The van der Waals surface area contributed by atoms with Crippen LogP contribution in [0.3, 0.4) is 0 Å². The first-order valence-corrected chi connectivity index (χ1v) is 10.7. The van der Waals surface area contributed by atoms with Crippen molar-refractivity contribution < 1.29 is 4.79 Å². The van der Waals surface area contributed by atoms with E-state index in [1.807, 2.05) is 56.3 Å². The van der Waals surface area contributed by atoms with Crippen molar-refractivity contribution in [1.82, 2.24) is 15.2 Å². The van der Waals surface area contributed by atoms with Crippen LogP contribution < -0.4 is 5.32 Å². The fourth-order valence-electron chi connectivity index (χ4n) is 3.10. The molecular formula is C21H20N4OS2. The highest BCUT2D eigenvalue weighted by Crippen LogP contribution is 2.32. The Morgan fingerprint density at radius 2 is 1.89 bits per heavy atom. The number of thioether (sulfide) groups is 1. The second kappa shape index (κ2) is 8.16. The number of aromatic amines is 1. The number of hydrogen-bond acceptors (Lipinski definition) is 6. The molecule has 2 N–H and O–H groups in total. The van der Waals surface area contributed by atoms with E-state index in [0.29, 0.717) is 6.54 Å². The van der Waals surface area contributed by atoms with Gasteiger partial charge in [-0.3, -0.25) is 4.79 Å². The Bertz CT molecular complexity index is 1100. The summed E-state index contributed by atoms with van der Waals surface area (Å²) in [4.78, 5) is 16.4. The van der Waals surface area contributed by atoms with Crippen LogP contribution in [0, 0.1) is 6.92 Å². The number of hydrogen-bond donors (Lipinski definition) is 2. The lowest BCUT2D eigenvalue weighted by molar-refractivity contribution is 0.0995. The largest absolute Gasteiger partial charge is 0.358 e. The zero-order chi connectivity index (χ0) is 19.5. The molecule has 0 amide bonds. The molecule has 0 aliphatic rings. The third-order valence-corrected chi connectivity index (χ3v) is 6.55. The molecule has 28 heavy (non-hydrogen) atoms. The lowest BCUT2D eigenvalue weighted by Crippen LogP contribution is -2.14. The molecule has 0 saturated heterocycles. The first kappa shape index (κ1) is 18.7. The Morgan fingerprint density at radius 3 is 2.71 bits per heavy atom. The van der Waals surface area contributed by atoms with Crippen molar-refractivity contribution in [3.8, 4) is 0 Å². The minimum Gasteiger partial charge on any atom is -0.358 e. The quantitative estimate of drug-likeness (QED) is 0.321. The van der Waals surface area contributed by atoms with Crippen molar-refractivity contribution in [1.29, 1.82) is 0 Å². The predicted octanol–water partition coefficient (Wildman–Crippen LogP) is 5.30. The number of aromatic nitrogens is 3. The molecule has 0 aliphatic heterocycles. The van der Waals surface area contributed by atoms with Crippen molar-refractivity contribution in [3.05, 3.63) is 71.4 Å². The molecule has 0 bridgehead atoms. The van der Waals surface area contributed by atoms with Gasteiger partial charge in [-0.05, 0) is 25.5 Å². The summed E-state index contributed by atoms with van der Waals surface area (Å²) in [6.07, 6.45) is 0. The maximum absolute atomic E-state index is 13.1. The van der Waals surface area contributed by atoms with Gasteiger partial charge in [0.25, 0.3) is 0 Å². The fourth-order valence-corrected chi connectivity index (χ4v) is 5.06. The van der Waals surface area contributed by atoms with Crippen LogP contribution in [0.4, 0.5) is 5.13 Å². The van der Waals surface area contributed by atoms with E-state index in [2.05, 4.69) is 32.6 Å². The molecule has 0 saturated carbocycles. The number of anilines is 1. The number of benzene rings is 2. The highest BCUT2D eigenvalue weighted by Gasteiger charge is 2.23. The summed E-state index contributed by atoms with van der Waals surface area (Å²) in [6, 6.07) is 18.1. The second-order valence-electron chi connectivity index (χ2n) is 6.51. The van der Waals surface area contributed by atoms with Gasteiger partial charge in [-0.2, -0.15) is 0 Å². The third kappa shape index (κ3) is 3.95. The second-order valence-corrected chi connectivity index (χ2v) is 9.07. The predicted molar refractivity (Wildman–Crippen MR) is 116 cm³/mol. The Balaban J connectivity index is 1.43. The molecule has 0 fully saturated rings. The molecule has 4 aromatic rings. The van der Waals surface area contributed by atoms with E-state index in [1.165, 1.54) is 28.7 Å². The number of ketones is 1. The van der Waals surface area contributed by atoms with Gasteiger partial charge < -0.3 is 10.3 Å². The van der Waals surface area contributed by atoms with Gasteiger partial charge in [0, 0.05) is 28.7 Å². The zero-order valence-electron chi connectivity index (χ0n) is 15.6. The summed E-state index contributed by atoms with van der Waals surface area (Å²) in [7, 11) is 0. The maximum atomic E-state index is 13.1. The molecule has 5 nitrogen and oxygen atoms in total. The van der Waals surface area contributed by atoms with E-state index >= 15 is 0 Å². The number of aryl methyl sites for hydroxylation is 1. The van der Waals surface area contributed by atoms with Crippen LogP contribution in [-0.4, -0.2) is 26.2 Å². The van der Waals surface area contributed by atoms with Gasteiger partial charge in [0.05, 0.1) is 5.25 Å². The van der Waals surface area contributed by atoms with Crippen molar-refractivity contribution >= 4 is 44.9 Å². The third-order valence-electron chi connectivity index (χ3n) is 4.48. The Kier molecular flexibility index (Phi) is 5.45. The molecular weight excluding hydrogens is 388 g/mol. The van der Waals surface area contributed by atoms with Gasteiger partial charge in [0.15, 0.2) is 10.1 Å². The molecule has 1 atom stereocenters. The number of nitrogens with zero attached hydrogens (tertiary/aromatic N) is 2. The summed E-state index contributed by atoms with van der Waals surface area (Å²) in [5, 5.41) is 13.2. The van der Waals surface area contributed by atoms with Gasteiger partial charge in [-0.15, -0.1) is 10.2 Å². The summed E-state index contributed by atoms with van der Waals surface area (Å²) in [5.74, 6) is 0.106. The van der Waals surface area contributed by atoms with E-state index in [0.717, 1.165) is 31.6 Å². The normalized spacial score (nSPS) is 12.2. The lowest BCUT2D eigenvalue weighted by atomic mass is 10.1. The Morgan fingerprint density at radius 1 is 1.14 bits per heavy atom. The van der Waals surface area contributed by atoms with E-state index in [1.54, 1.807) is 0 Å². The summed E-state index contributed by atoms with van der Waals surface area (Å²) < 4.78 is 0.786. The fraction of sp³-hybridized carbons (Fsp3) is 0.190. The van der Waals surface area contributed by atoms with Crippen LogP contribution >= 0.6 is 23.1 Å². The van der Waals surface area contributed by atoms with E-state index in [-0.39, 0.29) is 11.0 Å². The molecule has 0 unspecified atom stereocenters. The minimum absolute atomic E-state index is 0.106. The highest BCUT2D eigenvalue weighted by molar-refractivity contribution is 8.02. The monoisotopic (exact) mass is 408 g/mol. The average Bonchev–Trinajstić information content (AvgIpc) is 3.29. The smallest absolute Gasteiger partial charge is 0.206 e. The molecule has 142 valence electrons. The van der Waals surface area contributed by atoms with Crippen LogP contribution in [0.1, 0.15) is 28.5 Å². The minimum atomic E-state index is -0.243. The zero-order valence-corrected chi connectivity index (χ0v) is 17.2. The highest BCUT2D eigenvalue weighted by atomic mass is 32.2. The number of rotatable bonds is 7. The van der Waals surface area contributed by atoms with Gasteiger partial charge >= 0.3 is 0 Å². The summed E-state index contributed by atoms with van der Waals surface area (Å²) in [6.45, 7) is 4.57. The number of fused-ring (bicyclic) bond motifs is 1. The Hall–Kier alpha value is -2.64. The number of carbonyl (C=O) groups is 1. The van der Waals surface area contributed by atoms with Crippen molar-refractivity contribution in [2.24, 2.45) is 0 Å². The molecule has 2 aromatic carbocycles. The molecule has 7 heteroatoms. The number of para-hydroxylation sites is 1. The summed E-state index contributed by atoms with van der Waals surface area (Å²) in [5.41, 5.74) is 3.85. The topological polar surface area (TPSA) is 70.7 Å². The molecule has 0 aliphatic carbocycles. The molecule has 4 rings (SSSR count). The van der Waals surface area contributed by atoms with Gasteiger partial charge in [-0.1, -0.05) is 71.6 Å². The molecule has 0 spiro atoms. The van der Waals surface area contributed by atoms with E-state index < -0.39 is 0 Å². The van der Waals surface area contributed by atoms with Crippen LogP contribution in [0.15, 0.2) is 58.9 Å². The van der Waals surface area contributed by atoms with E-state index in [9.17, 15) is 4.79 Å². The van der Waals surface area contributed by atoms with Crippen LogP contribution in [0.25, 0.3) is 10.9 Å². The first-order chi connectivity index (χ1) is 13.6. The van der Waals surface area contributed by atoms with Gasteiger partial charge in [0.1, 0.15) is 0 Å². The first-order valence-electron chi connectivity index (χ1n) is 9.01. The van der Waals surface area contributed by atoms with Gasteiger partial charge in [-0.25, -0.2) is 0 Å². The van der Waals surface area contributed by atoms with Crippen molar-refractivity contribution in [3.63, 3.8) is 0 Å². The SMILES string of the molecule is Cc1[nH]c2ccccc2c1C(=O)[C@@H](C)Sc1nnc(NCc2ccccc2)s1. The summed E-state index contributed by atoms with van der Waals surface area (Å²) >= 11 is 2.92. The van der Waals surface area contributed by atoms with Crippen LogP contribution in [0.5, 0.6) is 0 Å². The van der Waals surface area contributed by atoms with E-state index in [4.69, 9.17) is 0 Å². The van der Waals surface area contributed by atoms with Crippen LogP contribution in [-0.2, 0) is 6.54 Å². The number of H-pyrrole nitrogens is 1. The number of Topliss-reactive ketones (excluding diaryl/α,β-unsaturated/α-hetero) is 1. The standard InChI is InChI=1S/C21H20N4OS2/c1-13-18(16-10-6-7-11-17(16)23-13)19(26)14(2)27-21-25-24-20(28-21)22-12-15-8-4-3-5-9-15/h3-11,14,23H,12H2,1-2H3,(H,22,24)/t14-/m1/s1. The molecule has 2 heterocycles. The number of nitrogens with one attached hydrogen (secondary N) is 2. The maximum Gasteiger partial charge on any atom is 0.206 e. The molecule has 0 radical (unpaired) electrons. The van der Waals surface area contributed by atoms with Crippen molar-refractivity contribution in [2.45, 2.75) is 30.0 Å². The lowest BCUT2D eigenvalue weighted by Gasteiger charge is -2.08. The molecule has 2 aromatic heterocycles. The van der Waals surface area contributed by atoms with Gasteiger partial charge in [0.2, 0.25) is 5.13 Å². The van der Waals surface area contributed by atoms with Crippen molar-refractivity contribution in [2.75, 3.05) is 5.32 Å². The average molecular weight is 409 g/mol. The van der Waals surface area contributed by atoms with Crippen LogP contribution in [0.2, 0.25) is 0 Å².